The van der Waals surface area contributed by atoms with Gasteiger partial charge in [0, 0.05) is 49.5 Å². The van der Waals surface area contributed by atoms with Crippen LogP contribution in [0.1, 0.15) is 35.7 Å². The number of piperazine rings is 1. The number of anilines is 1. The molecule has 172 valence electrons. The molecule has 0 amide bonds. The zero-order valence-electron chi connectivity index (χ0n) is 18.6. The average molecular weight is 477 g/mol. The van der Waals surface area contributed by atoms with E-state index < -0.39 is 5.97 Å². The number of rotatable bonds is 5. The lowest BCUT2D eigenvalue weighted by atomic mass is 9.99. The maximum absolute atomic E-state index is 11.7. The van der Waals surface area contributed by atoms with Crippen molar-refractivity contribution in [1.82, 2.24) is 14.8 Å². The van der Waals surface area contributed by atoms with Gasteiger partial charge in [-0.25, -0.2) is 9.78 Å². The summed E-state index contributed by atoms with van der Waals surface area (Å²) in [5, 5.41) is 1.28. The van der Waals surface area contributed by atoms with Gasteiger partial charge in [0.15, 0.2) is 0 Å². The smallest absolute Gasteiger partial charge is 0.339 e. The van der Waals surface area contributed by atoms with Gasteiger partial charge in [0.2, 0.25) is 0 Å². The van der Waals surface area contributed by atoms with Crippen LogP contribution in [0.25, 0.3) is 0 Å². The first-order valence-electron chi connectivity index (χ1n) is 11.2. The van der Waals surface area contributed by atoms with Crippen molar-refractivity contribution in [2.45, 2.75) is 38.4 Å². The van der Waals surface area contributed by atoms with Gasteiger partial charge in [0.1, 0.15) is 5.82 Å². The number of aromatic nitrogens is 1. The monoisotopic (exact) mass is 476 g/mol. The summed E-state index contributed by atoms with van der Waals surface area (Å²) < 4.78 is 4.75. The van der Waals surface area contributed by atoms with Crippen LogP contribution in [0.4, 0.5) is 5.82 Å². The van der Waals surface area contributed by atoms with E-state index in [1.165, 1.54) is 25.5 Å². The Kier molecular flexibility index (Phi) is 7.56. The molecule has 2 aromatic rings. The Morgan fingerprint density at radius 3 is 2.47 bits per heavy atom. The minimum atomic E-state index is -0.424. The highest BCUT2D eigenvalue weighted by atomic mass is 35.5. The molecule has 0 spiro atoms. The van der Waals surface area contributed by atoms with Crippen molar-refractivity contribution in [2.75, 3.05) is 44.7 Å². The number of esters is 1. The SMILES string of the molecule is COC(=O)c1cnc(N2CCN(C3CCN(Cc4ccc(Cl)cc4)CC3)[C@@H](C)C2)c(Cl)c1. The van der Waals surface area contributed by atoms with Crippen molar-refractivity contribution < 1.29 is 9.53 Å². The van der Waals surface area contributed by atoms with Gasteiger partial charge in [-0.3, -0.25) is 9.80 Å². The number of benzene rings is 1. The van der Waals surface area contributed by atoms with Crippen LogP contribution in [0, 0.1) is 0 Å². The molecule has 2 saturated heterocycles. The standard InChI is InChI=1S/C24H30Cl2N4O2/c1-17-15-29(23-22(26)13-19(14-27-23)24(31)32-2)11-12-30(17)21-7-9-28(10-8-21)16-18-3-5-20(25)6-4-18/h3-6,13-14,17,21H,7-12,15-16H2,1-2H3/t17-/m0/s1. The predicted octanol–water partition coefficient (Wildman–Crippen LogP) is 4.35. The van der Waals surface area contributed by atoms with E-state index >= 15 is 0 Å². The molecule has 0 aliphatic carbocycles. The second-order valence-corrected chi connectivity index (χ2v) is 9.53. The summed E-state index contributed by atoms with van der Waals surface area (Å²) in [7, 11) is 1.35. The van der Waals surface area contributed by atoms with Crippen LogP contribution < -0.4 is 4.90 Å². The highest BCUT2D eigenvalue weighted by Crippen LogP contribution is 2.29. The lowest BCUT2D eigenvalue weighted by Crippen LogP contribution is -2.57. The number of pyridine rings is 1. The number of hydrogen-bond acceptors (Lipinski definition) is 6. The van der Waals surface area contributed by atoms with Crippen molar-refractivity contribution in [1.29, 1.82) is 0 Å². The first kappa shape index (κ1) is 23.3. The summed E-state index contributed by atoms with van der Waals surface area (Å²) in [6, 6.07) is 10.8. The van der Waals surface area contributed by atoms with Gasteiger partial charge < -0.3 is 9.64 Å². The molecule has 0 bridgehead atoms. The molecule has 0 unspecified atom stereocenters. The van der Waals surface area contributed by atoms with Crippen molar-refractivity contribution in [3.8, 4) is 0 Å². The number of nitrogens with zero attached hydrogens (tertiary/aromatic N) is 4. The second-order valence-electron chi connectivity index (χ2n) is 8.69. The van der Waals surface area contributed by atoms with Gasteiger partial charge in [0.25, 0.3) is 0 Å². The van der Waals surface area contributed by atoms with Gasteiger partial charge in [0.05, 0.1) is 17.7 Å². The van der Waals surface area contributed by atoms with Crippen LogP contribution in [0.2, 0.25) is 10.0 Å². The highest BCUT2D eigenvalue weighted by molar-refractivity contribution is 6.33. The fraction of sp³-hybridized carbons (Fsp3) is 0.500. The highest BCUT2D eigenvalue weighted by Gasteiger charge is 2.32. The molecule has 1 aromatic carbocycles. The number of ether oxygens (including phenoxy) is 1. The Morgan fingerprint density at radius 1 is 1.12 bits per heavy atom. The molecule has 2 aliphatic rings. The minimum absolute atomic E-state index is 0.373. The van der Waals surface area contributed by atoms with E-state index in [1.54, 1.807) is 12.3 Å². The normalized spacial score (nSPS) is 21.0. The van der Waals surface area contributed by atoms with E-state index in [1.807, 2.05) is 12.1 Å². The summed E-state index contributed by atoms with van der Waals surface area (Å²) in [5.41, 5.74) is 1.69. The molecular weight excluding hydrogens is 447 g/mol. The van der Waals surface area contributed by atoms with Crippen LogP contribution in [0.5, 0.6) is 0 Å². The van der Waals surface area contributed by atoms with E-state index in [0.717, 1.165) is 50.1 Å². The maximum atomic E-state index is 11.7. The first-order chi connectivity index (χ1) is 15.4. The molecule has 6 nitrogen and oxygen atoms in total. The average Bonchev–Trinajstić information content (AvgIpc) is 2.80. The molecule has 2 aliphatic heterocycles. The number of carbonyl (C=O) groups is 1. The Morgan fingerprint density at radius 2 is 1.84 bits per heavy atom. The van der Waals surface area contributed by atoms with Crippen molar-refractivity contribution in [3.05, 3.63) is 57.7 Å². The summed E-state index contributed by atoms with van der Waals surface area (Å²) in [6.07, 6.45) is 3.91. The number of halogens is 2. The molecule has 8 heteroatoms. The third-order valence-corrected chi connectivity index (χ3v) is 7.10. The van der Waals surface area contributed by atoms with Crippen LogP contribution in [0.15, 0.2) is 36.5 Å². The van der Waals surface area contributed by atoms with Gasteiger partial charge in [-0.2, -0.15) is 0 Å². The summed E-state index contributed by atoms with van der Waals surface area (Å²) in [6.45, 7) is 8.22. The fourth-order valence-electron chi connectivity index (χ4n) is 4.86. The van der Waals surface area contributed by atoms with E-state index in [2.05, 4.69) is 38.7 Å². The molecule has 0 radical (unpaired) electrons. The maximum Gasteiger partial charge on any atom is 0.339 e. The summed E-state index contributed by atoms with van der Waals surface area (Å²) in [4.78, 5) is 23.6. The third kappa shape index (κ3) is 5.37. The third-order valence-electron chi connectivity index (χ3n) is 6.57. The molecular formula is C24H30Cl2N4O2. The van der Waals surface area contributed by atoms with Crippen LogP contribution in [-0.4, -0.2) is 72.7 Å². The molecule has 0 saturated carbocycles. The molecule has 2 fully saturated rings. The summed E-state index contributed by atoms with van der Waals surface area (Å²) >= 11 is 12.5. The zero-order chi connectivity index (χ0) is 22.7. The van der Waals surface area contributed by atoms with E-state index in [0.29, 0.717) is 22.7 Å². The van der Waals surface area contributed by atoms with Gasteiger partial charge >= 0.3 is 5.97 Å². The van der Waals surface area contributed by atoms with E-state index in [-0.39, 0.29) is 0 Å². The molecule has 3 heterocycles. The first-order valence-corrected chi connectivity index (χ1v) is 11.9. The molecule has 1 aromatic heterocycles. The Bertz CT molecular complexity index is 932. The molecule has 1 atom stereocenters. The van der Waals surface area contributed by atoms with Gasteiger partial charge in [-0.1, -0.05) is 35.3 Å². The lowest BCUT2D eigenvalue weighted by molar-refractivity contribution is 0.0600. The Labute approximate surface area is 200 Å². The number of likely N-dealkylation sites (tertiary alicyclic amines) is 1. The number of hydrogen-bond donors (Lipinski definition) is 0. The number of methoxy groups -OCH3 is 1. The van der Waals surface area contributed by atoms with Crippen LogP contribution >= 0.6 is 23.2 Å². The van der Waals surface area contributed by atoms with Crippen molar-refractivity contribution in [2.24, 2.45) is 0 Å². The van der Waals surface area contributed by atoms with E-state index in [4.69, 9.17) is 27.9 Å². The number of carbonyl (C=O) groups excluding carboxylic acids is 1. The second kappa shape index (κ2) is 10.4. The molecule has 32 heavy (non-hydrogen) atoms. The topological polar surface area (TPSA) is 48.9 Å². The largest absolute Gasteiger partial charge is 0.465 e. The van der Waals surface area contributed by atoms with Crippen LogP contribution in [0.3, 0.4) is 0 Å². The number of piperidine rings is 1. The molecule has 4 rings (SSSR count). The van der Waals surface area contributed by atoms with Crippen molar-refractivity contribution in [3.63, 3.8) is 0 Å². The van der Waals surface area contributed by atoms with Crippen molar-refractivity contribution >= 4 is 35.0 Å². The fourth-order valence-corrected chi connectivity index (χ4v) is 5.27. The predicted molar refractivity (Wildman–Crippen MR) is 129 cm³/mol. The van der Waals surface area contributed by atoms with E-state index in [9.17, 15) is 4.79 Å². The zero-order valence-corrected chi connectivity index (χ0v) is 20.1. The van der Waals surface area contributed by atoms with Gasteiger partial charge in [-0.15, -0.1) is 0 Å². The quantitative estimate of drug-likeness (QED) is 0.597. The Balaban J connectivity index is 1.30. The van der Waals surface area contributed by atoms with Crippen LogP contribution in [-0.2, 0) is 11.3 Å². The minimum Gasteiger partial charge on any atom is -0.465 e. The van der Waals surface area contributed by atoms with Gasteiger partial charge in [-0.05, 0) is 56.6 Å². The summed E-state index contributed by atoms with van der Waals surface area (Å²) in [5.74, 6) is 0.315. The molecule has 0 N–H and O–H groups in total. The Hall–Kier alpha value is -1.86. The lowest BCUT2D eigenvalue weighted by Gasteiger charge is -2.47.